The number of rotatable bonds is 5. The van der Waals surface area contributed by atoms with Gasteiger partial charge in [-0.15, -0.1) is 0 Å². The average Bonchev–Trinajstić information content (AvgIpc) is 2.78. The second kappa shape index (κ2) is 8.43. The number of amides is 1. The largest absolute Gasteiger partial charge is 0.497 e. The van der Waals surface area contributed by atoms with E-state index in [0.29, 0.717) is 6.54 Å². The molecule has 2 aliphatic heterocycles. The van der Waals surface area contributed by atoms with E-state index in [1.807, 2.05) is 47.4 Å². The van der Waals surface area contributed by atoms with Crippen LogP contribution in [0, 0.1) is 0 Å². The molecule has 1 amide bonds. The van der Waals surface area contributed by atoms with E-state index in [1.54, 1.807) is 14.2 Å². The van der Waals surface area contributed by atoms with E-state index >= 15 is 0 Å². The zero-order valence-electron chi connectivity index (χ0n) is 17.1. The zero-order valence-corrected chi connectivity index (χ0v) is 17.1. The Bertz CT molecular complexity index is 847. The van der Waals surface area contributed by atoms with Crippen molar-refractivity contribution in [2.24, 2.45) is 0 Å². The molecule has 2 aliphatic rings. The molecule has 0 unspecified atom stereocenters. The van der Waals surface area contributed by atoms with Crippen molar-refractivity contribution in [3.63, 3.8) is 0 Å². The molecule has 6 heteroatoms. The van der Waals surface area contributed by atoms with Gasteiger partial charge >= 0.3 is 0 Å². The number of morpholine rings is 1. The van der Waals surface area contributed by atoms with Crippen LogP contribution in [0.15, 0.2) is 48.5 Å². The maximum absolute atomic E-state index is 12.4. The van der Waals surface area contributed by atoms with Crippen molar-refractivity contribution in [2.45, 2.75) is 25.0 Å². The second-order valence-electron chi connectivity index (χ2n) is 7.74. The van der Waals surface area contributed by atoms with E-state index in [2.05, 4.69) is 11.0 Å². The summed E-state index contributed by atoms with van der Waals surface area (Å²) in [4.78, 5) is 16.7. The van der Waals surface area contributed by atoms with Gasteiger partial charge < -0.3 is 19.1 Å². The molecule has 4 rings (SSSR count). The predicted molar refractivity (Wildman–Crippen MR) is 112 cm³/mol. The van der Waals surface area contributed by atoms with Gasteiger partial charge in [-0.1, -0.05) is 24.3 Å². The molecule has 1 spiro atoms. The fourth-order valence-electron chi connectivity index (χ4n) is 4.20. The van der Waals surface area contributed by atoms with Crippen LogP contribution in [-0.2, 0) is 16.1 Å². The molecular formula is C23H28N2O4. The van der Waals surface area contributed by atoms with Crippen LogP contribution in [-0.4, -0.2) is 56.9 Å². The summed E-state index contributed by atoms with van der Waals surface area (Å²) in [7, 11) is 3.35. The zero-order chi connectivity index (χ0) is 20.3. The fourth-order valence-corrected chi connectivity index (χ4v) is 4.20. The number of carbonyl (C=O) groups is 1. The van der Waals surface area contributed by atoms with E-state index < -0.39 is 0 Å². The van der Waals surface area contributed by atoms with Crippen molar-refractivity contribution < 1.29 is 19.0 Å². The lowest BCUT2D eigenvalue weighted by Crippen LogP contribution is -2.58. The minimum Gasteiger partial charge on any atom is -0.497 e. The Kier molecular flexibility index (Phi) is 5.74. The Balaban J connectivity index is 1.41. The van der Waals surface area contributed by atoms with Crippen LogP contribution in [0.4, 0.5) is 5.69 Å². The highest BCUT2D eigenvalue weighted by molar-refractivity contribution is 5.95. The first-order chi connectivity index (χ1) is 14.1. The van der Waals surface area contributed by atoms with E-state index in [-0.39, 0.29) is 18.1 Å². The summed E-state index contributed by atoms with van der Waals surface area (Å²) < 4.78 is 16.9. The lowest BCUT2D eigenvalue weighted by molar-refractivity contribution is -0.145. The summed E-state index contributed by atoms with van der Waals surface area (Å²) in [6.07, 6.45) is 1.81. The molecule has 0 atom stereocenters. The Morgan fingerprint density at radius 1 is 1.03 bits per heavy atom. The van der Waals surface area contributed by atoms with Gasteiger partial charge in [0.1, 0.15) is 18.1 Å². The number of methoxy groups -OCH3 is 2. The summed E-state index contributed by atoms with van der Waals surface area (Å²) in [5.41, 5.74) is 1.84. The van der Waals surface area contributed by atoms with Crippen molar-refractivity contribution in [1.29, 1.82) is 0 Å². The normalized spacial score (nSPS) is 19.4. The van der Waals surface area contributed by atoms with Crippen LogP contribution in [0.5, 0.6) is 11.5 Å². The number of para-hydroxylation sites is 1. The quantitative estimate of drug-likeness (QED) is 0.777. The van der Waals surface area contributed by atoms with Gasteiger partial charge in [0.15, 0.2) is 0 Å². The molecule has 2 fully saturated rings. The molecular weight excluding hydrogens is 368 g/mol. The molecule has 2 heterocycles. The number of carbonyl (C=O) groups excluding carboxylic acids is 1. The van der Waals surface area contributed by atoms with Gasteiger partial charge in [0, 0.05) is 37.0 Å². The van der Waals surface area contributed by atoms with Crippen molar-refractivity contribution in [2.75, 3.05) is 45.4 Å². The van der Waals surface area contributed by atoms with Crippen LogP contribution < -0.4 is 14.4 Å². The number of hydrogen-bond acceptors (Lipinski definition) is 5. The first kappa shape index (κ1) is 19.7. The lowest BCUT2D eigenvalue weighted by atomic mass is 9.88. The first-order valence-electron chi connectivity index (χ1n) is 10.1. The third kappa shape index (κ3) is 4.23. The van der Waals surface area contributed by atoms with Gasteiger partial charge in [-0.2, -0.15) is 0 Å². The Labute approximate surface area is 172 Å². The van der Waals surface area contributed by atoms with Crippen molar-refractivity contribution in [3.8, 4) is 11.5 Å². The average molecular weight is 396 g/mol. The Hall–Kier alpha value is -2.57. The predicted octanol–water partition coefficient (Wildman–Crippen LogP) is 3.10. The van der Waals surface area contributed by atoms with E-state index in [1.165, 1.54) is 0 Å². The third-order valence-corrected chi connectivity index (χ3v) is 5.97. The Morgan fingerprint density at radius 2 is 1.79 bits per heavy atom. The summed E-state index contributed by atoms with van der Waals surface area (Å²) in [6.45, 7) is 3.44. The summed E-state index contributed by atoms with van der Waals surface area (Å²) in [6, 6.07) is 15.8. The molecule has 0 aliphatic carbocycles. The smallest absolute Gasteiger partial charge is 0.253 e. The molecule has 0 bridgehead atoms. The van der Waals surface area contributed by atoms with Gasteiger partial charge in [-0.3, -0.25) is 9.69 Å². The molecule has 2 aromatic carbocycles. The molecule has 0 aromatic heterocycles. The number of anilines is 1. The maximum atomic E-state index is 12.4. The van der Waals surface area contributed by atoms with Crippen molar-refractivity contribution >= 4 is 11.6 Å². The SMILES string of the molecule is COc1ccc(CN2CCC3(CC2)CN(c2ccccc2)C(=O)CO3)c(OC)c1. The second-order valence-corrected chi connectivity index (χ2v) is 7.74. The van der Waals surface area contributed by atoms with Crippen molar-refractivity contribution in [3.05, 3.63) is 54.1 Å². The highest BCUT2D eigenvalue weighted by atomic mass is 16.5. The number of hydrogen-bond donors (Lipinski definition) is 0. The van der Waals surface area contributed by atoms with Crippen LogP contribution in [0.25, 0.3) is 0 Å². The van der Waals surface area contributed by atoms with E-state index in [9.17, 15) is 4.79 Å². The van der Waals surface area contributed by atoms with Gasteiger partial charge in [-0.25, -0.2) is 0 Å². The van der Waals surface area contributed by atoms with Gasteiger partial charge in [0.2, 0.25) is 0 Å². The van der Waals surface area contributed by atoms with Gasteiger partial charge in [0.25, 0.3) is 5.91 Å². The van der Waals surface area contributed by atoms with Gasteiger partial charge in [0.05, 0.1) is 26.4 Å². The minimum atomic E-state index is -0.260. The number of likely N-dealkylation sites (tertiary alicyclic amines) is 1. The highest BCUT2D eigenvalue weighted by Crippen LogP contribution is 2.34. The van der Waals surface area contributed by atoms with Crippen LogP contribution >= 0.6 is 0 Å². The maximum Gasteiger partial charge on any atom is 0.253 e. The molecule has 2 aromatic rings. The standard InChI is InChI=1S/C23H28N2O4/c1-27-20-9-8-18(21(14-20)28-2)15-24-12-10-23(11-13-24)17-25(22(26)16-29-23)19-6-4-3-5-7-19/h3-9,14H,10-13,15-17H2,1-2H3. The van der Waals surface area contributed by atoms with Gasteiger partial charge in [-0.05, 0) is 31.0 Å². The summed E-state index contributed by atoms with van der Waals surface area (Å²) >= 11 is 0. The topological polar surface area (TPSA) is 51.2 Å². The minimum absolute atomic E-state index is 0.0345. The number of nitrogens with zero attached hydrogens (tertiary/aromatic N) is 2. The molecule has 6 nitrogen and oxygen atoms in total. The monoisotopic (exact) mass is 396 g/mol. The first-order valence-corrected chi connectivity index (χ1v) is 10.1. The summed E-state index contributed by atoms with van der Waals surface area (Å²) in [5.74, 6) is 1.68. The molecule has 2 saturated heterocycles. The van der Waals surface area contributed by atoms with Crippen LogP contribution in [0.1, 0.15) is 18.4 Å². The third-order valence-electron chi connectivity index (χ3n) is 5.97. The van der Waals surface area contributed by atoms with Crippen LogP contribution in [0.3, 0.4) is 0 Å². The van der Waals surface area contributed by atoms with E-state index in [0.717, 1.165) is 55.2 Å². The molecule has 29 heavy (non-hydrogen) atoms. The van der Waals surface area contributed by atoms with E-state index in [4.69, 9.17) is 14.2 Å². The number of piperidine rings is 1. The molecule has 0 radical (unpaired) electrons. The number of benzene rings is 2. The lowest BCUT2D eigenvalue weighted by Gasteiger charge is -2.47. The number of ether oxygens (including phenoxy) is 3. The highest BCUT2D eigenvalue weighted by Gasteiger charge is 2.42. The Morgan fingerprint density at radius 3 is 2.48 bits per heavy atom. The van der Waals surface area contributed by atoms with Crippen molar-refractivity contribution in [1.82, 2.24) is 4.90 Å². The molecule has 0 saturated carbocycles. The van der Waals surface area contributed by atoms with Crippen LogP contribution in [0.2, 0.25) is 0 Å². The molecule has 154 valence electrons. The molecule has 0 N–H and O–H groups in total. The fraction of sp³-hybridized carbons (Fsp3) is 0.435. The summed E-state index contributed by atoms with van der Waals surface area (Å²) in [5, 5.41) is 0.